The molecular formula is C13H11F3N2O2S. The Hall–Kier alpha value is -2.22. The third-order valence-corrected chi connectivity index (χ3v) is 4.22. The van der Waals surface area contributed by atoms with Gasteiger partial charge in [0.15, 0.2) is 0 Å². The summed E-state index contributed by atoms with van der Waals surface area (Å²) in [5, 5.41) is 2.64. The lowest BCUT2D eigenvalue weighted by Crippen LogP contribution is -2.24. The van der Waals surface area contributed by atoms with Crippen LogP contribution in [0.15, 0.2) is 53.4 Å². The van der Waals surface area contributed by atoms with E-state index in [0.29, 0.717) is 11.4 Å². The highest BCUT2D eigenvalue weighted by atomic mass is 32.2. The SMILES string of the molecule is Nc1ccc(Nc2ccccc2S(=O)(=O)C(F)(F)F)cc1. The second kappa shape index (κ2) is 5.28. The lowest BCUT2D eigenvalue weighted by Gasteiger charge is -2.14. The minimum Gasteiger partial charge on any atom is -0.399 e. The van der Waals surface area contributed by atoms with Crippen LogP contribution in [0.2, 0.25) is 0 Å². The third kappa shape index (κ3) is 3.10. The van der Waals surface area contributed by atoms with Crippen LogP contribution in [0.4, 0.5) is 30.2 Å². The van der Waals surface area contributed by atoms with Crippen molar-refractivity contribution < 1.29 is 21.6 Å². The minimum atomic E-state index is -5.42. The average molecular weight is 316 g/mol. The zero-order valence-corrected chi connectivity index (χ0v) is 11.4. The highest BCUT2D eigenvalue weighted by Crippen LogP contribution is 2.35. The summed E-state index contributed by atoms with van der Waals surface area (Å²) in [6.07, 6.45) is 0. The molecule has 0 radical (unpaired) electrons. The van der Waals surface area contributed by atoms with E-state index < -0.39 is 20.2 Å². The van der Waals surface area contributed by atoms with Crippen molar-refractivity contribution in [2.75, 3.05) is 11.1 Å². The predicted molar refractivity (Wildman–Crippen MR) is 73.8 cm³/mol. The molecule has 0 saturated carbocycles. The van der Waals surface area contributed by atoms with Gasteiger partial charge in [-0.05, 0) is 36.4 Å². The van der Waals surface area contributed by atoms with E-state index in [4.69, 9.17) is 5.73 Å². The van der Waals surface area contributed by atoms with Gasteiger partial charge in [-0.1, -0.05) is 12.1 Å². The zero-order valence-electron chi connectivity index (χ0n) is 10.6. The quantitative estimate of drug-likeness (QED) is 0.852. The predicted octanol–water partition coefficient (Wildman–Crippen LogP) is 3.31. The first kappa shape index (κ1) is 15.2. The van der Waals surface area contributed by atoms with Gasteiger partial charge in [-0.3, -0.25) is 0 Å². The van der Waals surface area contributed by atoms with Crippen molar-refractivity contribution >= 4 is 26.9 Å². The van der Waals surface area contributed by atoms with Gasteiger partial charge in [-0.25, -0.2) is 8.42 Å². The van der Waals surface area contributed by atoms with Crippen molar-refractivity contribution in [1.29, 1.82) is 0 Å². The van der Waals surface area contributed by atoms with Crippen molar-refractivity contribution in [3.05, 3.63) is 48.5 Å². The fraction of sp³-hybridized carbons (Fsp3) is 0.0769. The molecule has 112 valence electrons. The highest BCUT2D eigenvalue weighted by Gasteiger charge is 2.47. The minimum absolute atomic E-state index is 0.153. The number of nitrogen functional groups attached to an aromatic ring is 1. The van der Waals surface area contributed by atoms with Gasteiger partial charge in [0.25, 0.3) is 9.84 Å². The number of nitrogens with two attached hydrogens (primary N) is 1. The molecule has 8 heteroatoms. The van der Waals surface area contributed by atoms with E-state index in [-0.39, 0.29) is 5.69 Å². The molecule has 4 nitrogen and oxygen atoms in total. The molecule has 0 bridgehead atoms. The molecule has 0 saturated heterocycles. The Balaban J connectivity index is 2.45. The number of para-hydroxylation sites is 1. The van der Waals surface area contributed by atoms with Crippen LogP contribution in [0.5, 0.6) is 0 Å². The van der Waals surface area contributed by atoms with Gasteiger partial charge < -0.3 is 11.1 Å². The van der Waals surface area contributed by atoms with Gasteiger partial charge in [-0.15, -0.1) is 0 Å². The number of nitrogens with one attached hydrogen (secondary N) is 1. The summed E-state index contributed by atoms with van der Waals surface area (Å²) in [5.41, 5.74) is 0.904. The topological polar surface area (TPSA) is 72.2 Å². The Bertz CT molecular complexity index is 741. The van der Waals surface area contributed by atoms with Crippen LogP contribution < -0.4 is 11.1 Å². The molecule has 2 aromatic carbocycles. The molecule has 0 aliphatic rings. The standard InChI is InChI=1S/C13H11F3N2O2S/c14-13(15,16)21(19,20)12-4-2-1-3-11(12)18-10-7-5-9(17)6-8-10/h1-8,18H,17H2. The normalized spacial score (nSPS) is 12.1. The van der Waals surface area contributed by atoms with E-state index >= 15 is 0 Å². The van der Waals surface area contributed by atoms with Crippen LogP contribution in [-0.2, 0) is 9.84 Å². The van der Waals surface area contributed by atoms with Crippen molar-refractivity contribution in [2.45, 2.75) is 10.4 Å². The molecule has 0 atom stereocenters. The number of anilines is 3. The maximum Gasteiger partial charge on any atom is 0.501 e. The first-order chi connectivity index (χ1) is 9.72. The van der Waals surface area contributed by atoms with Crippen LogP contribution >= 0.6 is 0 Å². The fourth-order valence-electron chi connectivity index (χ4n) is 1.65. The van der Waals surface area contributed by atoms with Gasteiger partial charge >= 0.3 is 5.51 Å². The van der Waals surface area contributed by atoms with Crippen molar-refractivity contribution in [3.8, 4) is 0 Å². The largest absolute Gasteiger partial charge is 0.501 e. The third-order valence-electron chi connectivity index (χ3n) is 2.67. The number of alkyl halides is 3. The molecule has 0 spiro atoms. The van der Waals surface area contributed by atoms with Gasteiger partial charge in [0.1, 0.15) is 0 Å². The van der Waals surface area contributed by atoms with Gasteiger partial charge in [0.2, 0.25) is 0 Å². The number of hydrogen-bond donors (Lipinski definition) is 2. The Kier molecular flexibility index (Phi) is 3.82. The molecule has 3 N–H and O–H groups in total. The van der Waals surface area contributed by atoms with E-state index in [9.17, 15) is 21.6 Å². The fourth-order valence-corrected chi connectivity index (χ4v) is 2.57. The zero-order chi connectivity index (χ0) is 15.7. The summed E-state index contributed by atoms with van der Waals surface area (Å²) in [7, 11) is -5.42. The molecule has 0 aliphatic carbocycles. The van der Waals surface area contributed by atoms with Crippen LogP contribution in [-0.4, -0.2) is 13.9 Å². The number of rotatable bonds is 3. The Morgan fingerprint density at radius 1 is 0.952 bits per heavy atom. The molecule has 0 aromatic heterocycles. The summed E-state index contributed by atoms with van der Waals surface area (Å²) in [5.74, 6) is 0. The smallest absolute Gasteiger partial charge is 0.399 e. The highest BCUT2D eigenvalue weighted by molar-refractivity contribution is 7.92. The van der Waals surface area contributed by atoms with E-state index in [1.807, 2.05) is 0 Å². The Morgan fingerprint density at radius 3 is 2.10 bits per heavy atom. The van der Waals surface area contributed by atoms with Crippen molar-refractivity contribution in [2.24, 2.45) is 0 Å². The van der Waals surface area contributed by atoms with Crippen LogP contribution in [0.3, 0.4) is 0 Å². The lowest BCUT2D eigenvalue weighted by molar-refractivity contribution is -0.0435. The van der Waals surface area contributed by atoms with Crippen LogP contribution in [0, 0.1) is 0 Å². The van der Waals surface area contributed by atoms with Gasteiger partial charge in [-0.2, -0.15) is 13.2 Å². The van der Waals surface area contributed by atoms with Gasteiger partial charge in [0, 0.05) is 11.4 Å². The van der Waals surface area contributed by atoms with E-state index in [2.05, 4.69) is 5.32 Å². The molecule has 21 heavy (non-hydrogen) atoms. The summed E-state index contributed by atoms with van der Waals surface area (Å²) >= 11 is 0. The lowest BCUT2D eigenvalue weighted by atomic mass is 10.2. The molecule has 2 rings (SSSR count). The van der Waals surface area contributed by atoms with E-state index in [0.717, 1.165) is 6.07 Å². The Labute approximate surface area is 119 Å². The number of benzene rings is 2. The maximum absolute atomic E-state index is 12.7. The number of halogens is 3. The van der Waals surface area contributed by atoms with Crippen LogP contribution in [0.25, 0.3) is 0 Å². The summed E-state index contributed by atoms with van der Waals surface area (Å²) < 4.78 is 61.0. The molecular weight excluding hydrogens is 305 g/mol. The molecule has 0 unspecified atom stereocenters. The summed E-state index contributed by atoms with van der Waals surface area (Å²) in [6, 6.07) is 11.0. The van der Waals surface area contributed by atoms with Crippen molar-refractivity contribution in [1.82, 2.24) is 0 Å². The molecule has 0 aliphatic heterocycles. The van der Waals surface area contributed by atoms with Gasteiger partial charge in [0.05, 0.1) is 10.6 Å². The molecule has 0 heterocycles. The summed E-state index contributed by atoms with van der Waals surface area (Å²) in [6.45, 7) is 0. The number of hydrogen-bond acceptors (Lipinski definition) is 4. The summed E-state index contributed by atoms with van der Waals surface area (Å²) in [4.78, 5) is -0.825. The molecule has 0 amide bonds. The second-order valence-electron chi connectivity index (χ2n) is 4.19. The second-order valence-corrected chi connectivity index (χ2v) is 6.10. The average Bonchev–Trinajstić information content (AvgIpc) is 2.40. The van der Waals surface area contributed by atoms with Crippen LogP contribution in [0.1, 0.15) is 0 Å². The monoisotopic (exact) mass is 316 g/mol. The number of sulfone groups is 1. The van der Waals surface area contributed by atoms with Crippen molar-refractivity contribution in [3.63, 3.8) is 0 Å². The first-order valence-electron chi connectivity index (χ1n) is 5.75. The first-order valence-corrected chi connectivity index (χ1v) is 7.23. The van der Waals surface area contributed by atoms with E-state index in [1.54, 1.807) is 12.1 Å². The molecule has 2 aromatic rings. The molecule has 0 fully saturated rings. The Morgan fingerprint density at radius 2 is 1.52 bits per heavy atom. The maximum atomic E-state index is 12.7. The van der Waals surface area contributed by atoms with E-state index in [1.165, 1.54) is 30.3 Å².